The van der Waals surface area contributed by atoms with Gasteiger partial charge in [0.25, 0.3) is 0 Å². The molecule has 0 aliphatic carbocycles. The molecule has 0 spiro atoms. The Labute approximate surface area is 88.5 Å². The summed E-state index contributed by atoms with van der Waals surface area (Å²) in [6.45, 7) is 3.88. The van der Waals surface area contributed by atoms with Crippen LogP contribution in [-0.4, -0.2) is 17.6 Å². The summed E-state index contributed by atoms with van der Waals surface area (Å²) in [5.41, 5.74) is 7.49. The van der Waals surface area contributed by atoms with Crippen LogP contribution in [0, 0.1) is 18.8 Å². The van der Waals surface area contributed by atoms with Gasteiger partial charge in [-0.1, -0.05) is 0 Å². The molecule has 4 heteroatoms. The summed E-state index contributed by atoms with van der Waals surface area (Å²) < 4.78 is 4.66. The van der Waals surface area contributed by atoms with Gasteiger partial charge in [-0.2, -0.15) is 0 Å². The van der Waals surface area contributed by atoms with Crippen molar-refractivity contribution in [2.24, 2.45) is 0 Å². The van der Waals surface area contributed by atoms with E-state index in [1.54, 1.807) is 13.0 Å². The first-order chi connectivity index (χ1) is 7.13. The molecule has 0 aromatic carbocycles. The molecule has 0 radical (unpaired) electrons. The number of hydrogen-bond donors (Lipinski definition) is 1. The molecular formula is C11H12N2O2. The Balaban J connectivity index is 2.84. The second-order valence-electron chi connectivity index (χ2n) is 2.90. The molecule has 78 valence electrons. The van der Waals surface area contributed by atoms with E-state index in [2.05, 4.69) is 21.6 Å². The fraction of sp³-hybridized carbons (Fsp3) is 0.273. The minimum Gasteiger partial charge on any atom is -0.456 e. The van der Waals surface area contributed by atoms with E-state index in [-0.39, 0.29) is 0 Å². The van der Waals surface area contributed by atoms with Crippen molar-refractivity contribution in [3.63, 3.8) is 0 Å². The Hall–Kier alpha value is -2.02. The number of pyridine rings is 1. The number of nitrogens with two attached hydrogens (primary N) is 1. The number of nitrogen functional groups attached to an aromatic ring is 1. The first kappa shape index (κ1) is 11.1. The van der Waals surface area contributed by atoms with E-state index in [1.807, 2.05) is 6.92 Å². The average molecular weight is 204 g/mol. The van der Waals surface area contributed by atoms with Crippen LogP contribution in [0.5, 0.6) is 0 Å². The third-order valence-corrected chi connectivity index (χ3v) is 1.66. The van der Waals surface area contributed by atoms with Gasteiger partial charge in [-0.3, -0.25) is 0 Å². The maximum Gasteiger partial charge on any atom is 0.384 e. The predicted octanol–water partition coefficient (Wildman–Crippen LogP) is 0.887. The van der Waals surface area contributed by atoms with Crippen LogP contribution >= 0.6 is 0 Å². The van der Waals surface area contributed by atoms with Gasteiger partial charge in [0.1, 0.15) is 5.69 Å². The second-order valence-corrected chi connectivity index (χ2v) is 2.90. The van der Waals surface area contributed by atoms with Gasteiger partial charge in [-0.25, -0.2) is 9.78 Å². The lowest BCUT2D eigenvalue weighted by Gasteiger charge is -1.97. The van der Waals surface area contributed by atoms with Crippen molar-refractivity contribution in [3.8, 4) is 11.8 Å². The SMILES string of the molecule is CCOC(=O)C#Cc1ncc(N)cc1C. The molecule has 4 nitrogen and oxygen atoms in total. The van der Waals surface area contributed by atoms with E-state index in [0.29, 0.717) is 18.0 Å². The van der Waals surface area contributed by atoms with Gasteiger partial charge >= 0.3 is 5.97 Å². The van der Waals surface area contributed by atoms with Crippen molar-refractivity contribution in [2.45, 2.75) is 13.8 Å². The maximum atomic E-state index is 10.9. The molecule has 0 aliphatic heterocycles. The van der Waals surface area contributed by atoms with Crippen molar-refractivity contribution in [1.82, 2.24) is 4.98 Å². The number of rotatable bonds is 1. The minimum absolute atomic E-state index is 0.321. The zero-order valence-electron chi connectivity index (χ0n) is 8.70. The number of aromatic nitrogens is 1. The molecule has 0 saturated heterocycles. The van der Waals surface area contributed by atoms with Crippen LogP contribution in [-0.2, 0) is 9.53 Å². The summed E-state index contributed by atoms with van der Waals surface area (Å²) in [4.78, 5) is 14.9. The van der Waals surface area contributed by atoms with Crippen LogP contribution < -0.4 is 5.73 Å². The summed E-state index contributed by atoms with van der Waals surface area (Å²) in [5, 5.41) is 0. The molecule has 2 N–H and O–H groups in total. The molecule has 0 unspecified atom stereocenters. The molecule has 0 fully saturated rings. The van der Waals surface area contributed by atoms with Crippen LogP contribution in [0.15, 0.2) is 12.3 Å². The molecule has 0 saturated carbocycles. The Bertz CT molecular complexity index is 430. The number of carbonyl (C=O) groups excluding carboxylic acids is 1. The van der Waals surface area contributed by atoms with Crippen molar-refractivity contribution < 1.29 is 9.53 Å². The smallest absolute Gasteiger partial charge is 0.384 e. The van der Waals surface area contributed by atoms with E-state index in [1.165, 1.54) is 6.20 Å². The fourth-order valence-electron chi connectivity index (χ4n) is 1.00. The van der Waals surface area contributed by atoms with E-state index in [0.717, 1.165) is 5.56 Å². The Morgan fingerprint density at radius 3 is 3.00 bits per heavy atom. The van der Waals surface area contributed by atoms with E-state index in [9.17, 15) is 4.79 Å². The topological polar surface area (TPSA) is 65.2 Å². The zero-order valence-corrected chi connectivity index (χ0v) is 8.70. The first-order valence-electron chi connectivity index (χ1n) is 4.54. The molecular weight excluding hydrogens is 192 g/mol. The number of nitrogens with zero attached hydrogens (tertiary/aromatic N) is 1. The highest BCUT2D eigenvalue weighted by Gasteiger charge is 1.98. The summed E-state index contributed by atoms with van der Waals surface area (Å²) in [5.74, 6) is 4.43. The molecule has 1 rings (SSSR count). The Morgan fingerprint density at radius 2 is 2.40 bits per heavy atom. The minimum atomic E-state index is -0.546. The van der Waals surface area contributed by atoms with Crippen molar-refractivity contribution >= 4 is 11.7 Å². The lowest BCUT2D eigenvalue weighted by molar-refractivity contribution is -0.136. The molecule has 1 aromatic rings. The monoisotopic (exact) mass is 204 g/mol. The van der Waals surface area contributed by atoms with Gasteiger partial charge in [0.15, 0.2) is 0 Å². The molecule has 0 amide bonds. The van der Waals surface area contributed by atoms with Gasteiger partial charge in [0.2, 0.25) is 0 Å². The zero-order chi connectivity index (χ0) is 11.3. The van der Waals surface area contributed by atoms with Crippen LogP contribution in [0.2, 0.25) is 0 Å². The standard InChI is InChI=1S/C11H12N2O2/c1-3-15-11(14)5-4-10-8(2)6-9(12)7-13-10/h6-7H,3,12H2,1-2H3. The van der Waals surface area contributed by atoms with Crippen LogP contribution in [0.4, 0.5) is 5.69 Å². The summed E-state index contributed by atoms with van der Waals surface area (Å²) in [6.07, 6.45) is 1.50. The lowest BCUT2D eigenvalue weighted by atomic mass is 10.2. The molecule has 0 aliphatic rings. The average Bonchev–Trinajstić information content (AvgIpc) is 2.17. The highest BCUT2D eigenvalue weighted by Crippen LogP contribution is 2.07. The summed E-state index contributed by atoms with van der Waals surface area (Å²) in [7, 11) is 0. The number of carbonyl (C=O) groups is 1. The van der Waals surface area contributed by atoms with E-state index >= 15 is 0 Å². The number of hydrogen-bond acceptors (Lipinski definition) is 4. The third kappa shape index (κ3) is 3.31. The second kappa shape index (κ2) is 5.01. The maximum absolute atomic E-state index is 10.9. The van der Waals surface area contributed by atoms with Crippen LogP contribution in [0.25, 0.3) is 0 Å². The predicted molar refractivity (Wildman–Crippen MR) is 56.9 cm³/mol. The molecule has 0 bridgehead atoms. The Morgan fingerprint density at radius 1 is 1.67 bits per heavy atom. The molecule has 0 atom stereocenters. The van der Waals surface area contributed by atoms with Gasteiger partial charge in [0.05, 0.1) is 18.5 Å². The summed E-state index contributed by atoms with van der Waals surface area (Å²) >= 11 is 0. The van der Waals surface area contributed by atoms with E-state index in [4.69, 9.17) is 5.73 Å². The van der Waals surface area contributed by atoms with E-state index < -0.39 is 5.97 Å². The first-order valence-corrected chi connectivity index (χ1v) is 4.54. The van der Waals surface area contributed by atoms with Crippen LogP contribution in [0.3, 0.4) is 0 Å². The lowest BCUT2D eigenvalue weighted by Crippen LogP contribution is -2.00. The normalized spacial score (nSPS) is 8.93. The molecule has 1 aromatic heterocycles. The quantitative estimate of drug-likeness (QED) is 0.545. The van der Waals surface area contributed by atoms with Crippen molar-refractivity contribution in [1.29, 1.82) is 0 Å². The highest BCUT2D eigenvalue weighted by atomic mass is 16.5. The van der Waals surface area contributed by atoms with Gasteiger partial charge in [-0.05, 0) is 31.4 Å². The number of esters is 1. The van der Waals surface area contributed by atoms with Crippen molar-refractivity contribution in [2.75, 3.05) is 12.3 Å². The van der Waals surface area contributed by atoms with Gasteiger partial charge in [0, 0.05) is 5.92 Å². The largest absolute Gasteiger partial charge is 0.456 e. The number of ether oxygens (including phenoxy) is 1. The fourth-order valence-corrected chi connectivity index (χ4v) is 1.00. The summed E-state index contributed by atoms with van der Waals surface area (Å²) in [6, 6.07) is 1.75. The molecule has 15 heavy (non-hydrogen) atoms. The number of anilines is 1. The molecule has 1 heterocycles. The Kier molecular flexibility index (Phi) is 3.69. The van der Waals surface area contributed by atoms with Crippen LogP contribution in [0.1, 0.15) is 18.2 Å². The number of aryl methyl sites for hydroxylation is 1. The van der Waals surface area contributed by atoms with Gasteiger partial charge in [-0.15, -0.1) is 0 Å². The van der Waals surface area contributed by atoms with Gasteiger partial charge < -0.3 is 10.5 Å². The highest BCUT2D eigenvalue weighted by molar-refractivity contribution is 5.89. The third-order valence-electron chi connectivity index (χ3n) is 1.66. The van der Waals surface area contributed by atoms with Crippen molar-refractivity contribution in [3.05, 3.63) is 23.5 Å².